The molecule has 0 saturated carbocycles. The minimum Gasteiger partial charge on any atom is -0.466 e. The molecule has 20 heavy (non-hydrogen) atoms. The molecule has 0 heterocycles. The number of carbonyl (C=O) groups excluding carboxylic acids is 2. The zero-order valence-electron chi connectivity index (χ0n) is 10.8. The predicted molar refractivity (Wildman–Crippen MR) is 71.9 cm³/mol. The van der Waals surface area contributed by atoms with Crippen LogP contribution in [0, 0.1) is 11.3 Å². The lowest BCUT2D eigenvalue weighted by Gasteiger charge is -2.09. The Bertz CT molecular complexity index is 605. The lowest BCUT2D eigenvalue weighted by molar-refractivity contribution is -0.138. The number of nitrogens with zero attached hydrogens (tertiary/aromatic N) is 1. The first-order valence-corrected chi connectivity index (χ1v) is 5.74. The van der Waals surface area contributed by atoms with Crippen LogP contribution in [0.4, 0.5) is 5.69 Å². The number of esters is 2. The number of ether oxygens (including phenoxy) is 2. The van der Waals surface area contributed by atoms with E-state index < -0.39 is 11.9 Å². The molecule has 1 aromatic rings. The van der Waals surface area contributed by atoms with Gasteiger partial charge in [0.2, 0.25) is 0 Å². The van der Waals surface area contributed by atoms with Gasteiger partial charge < -0.3 is 14.8 Å². The Balaban J connectivity index is 3.05. The van der Waals surface area contributed by atoms with Crippen LogP contribution in [-0.2, 0) is 19.1 Å². The molecule has 0 spiro atoms. The second kappa shape index (κ2) is 7.16. The van der Waals surface area contributed by atoms with Gasteiger partial charge in [-0.15, -0.1) is 0 Å². The van der Waals surface area contributed by atoms with Gasteiger partial charge in [-0.05, 0) is 18.2 Å². The maximum absolute atomic E-state index is 11.5. The average molecular weight is 295 g/mol. The zero-order chi connectivity index (χ0) is 15.1. The summed E-state index contributed by atoms with van der Waals surface area (Å²) in [5.41, 5.74) is 0.614. The standard InChI is InChI=1S/C13H11ClN2O4/c1-19-12(17)6-11(13(18)20-2)16-9-4-3-8(7-15)10(14)5-9/h3-6,16H,1-2H3/b11-6+. The van der Waals surface area contributed by atoms with Crippen molar-refractivity contribution in [3.8, 4) is 6.07 Å². The van der Waals surface area contributed by atoms with Crippen LogP contribution in [0.5, 0.6) is 0 Å². The van der Waals surface area contributed by atoms with Crippen molar-refractivity contribution >= 4 is 29.2 Å². The van der Waals surface area contributed by atoms with E-state index in [0.717, 1.165) is 6.08 Å². The van der Waals surface area contributed by atoms with Crippen LogP contribution in [0.15, 0.2) is 30.0 Å². The minimum atomic E-state index is -0.740. The first kappa shape index (κ1) is 15.5. The van der Waals surface area contributed by atoms with E-state index in [-0.39, 0.29) is 10.7 Å². The summed E-state index contributed by atoms with van der Waals surface area (Å²) in [5, 5.41) is 11.7. The van der Waals surface area contributed by atoms with Gasteiger partial charge in [0.1, 0.15) is 11.8 Å². The van der Waals surface area contributed by atoms with E-state index in [4.69, 9.17) is 16.9 Å². The van der Waals surface area contributed by atoms with Crippen molar-refractivity contribution in [1.29, 1.82) is 5.26 Å². The van der Waals surface area contributed by atoms with Gasteiger partial charge in [-0.2, -0.15) is 5.26 Å². The van der Waals surface area contributed by atoms with E-state index >= 15 is 0 Å². The summed E-state index contributed by atoms with van der Waals surface area (Å²) in [6.45, 7) is 0. The van der Waals surface area contributed by atoms with Gasteiger partial charge >= 0.3 is 11.9 Å². The molecule has 0 bridgehead atoms. The quantitative estimate of drug-likeness (QED) is 0.673. The lowest BCUT2D eigenvalue weighted by atomic mass is 10.2. The van der Waals surface area contributed by atoms with Gasteiger partial charge in [0.05, 0.1) is 30.9 Å². The molecule has 7 heteroatoms. The maximum atomic E-state index is 11.5. The highest BCUT2D eigenvalue weighted by molar-refractivity contribution is 6.32. The predicted octanol–water partition coefficient (Wildman–Crippen LogP) is 1.85. The van der Waals surface area contributed by atoms with Crippen molar-refractivity contribution in [3.63, 3.8) is 0 Å². The summed E-state index contributed by atoms with van der Waals surface area (Å²) >= 11 is 5.87. The SMILES string of the molecule is COC(=O)/C=C(/Nc1ccc(C#N)c(Cl)c1)C(=O)OC. The van der Waals surface area contributed by atoms with Crippen molar-refractivity contribution in [2.24, 2.45) is 0 Å². The Labute approximate surface area is 120 Å². The number of carbonyl (C=O) groups is 2. The molecule has 0 aliphatic rings. The number of methoxy groups -OCH3 is 2. The number of rotatable bonds is 4. The molecule has 6 nitrogen and oxygen atoms in total. The second-order valence-electron chi connectivity index (χ2n) is 3.50. The summed E-state index contributed by atoms with van der Waals surface area (Å²) in [5.74, 6) is -1.45. The Kier molecular flexibility index (Phi) is 5.56. The largest absolute Gasteiger partial charge is 0.466 e. The number of anilines is 1. The van der Waals surface area contributed by atoms with Crippen LogP contribution >= 0.6 is 11.6 Å². The van der Waals surface area contributed by atoms with Crippen LogP contribution in [0.3, 0.4) is 0 Å². The summed E-state index contributed by atoms with van der Waals surface area (Å²) in [6, 6.07) is 6.39. The number of nitrogens with one attached hydrogen (secondary N) is 1. The van der Waals surface area contributed by atoms with Crippen LogP contribution in [0.1, 0.15) is 5.56 Å². The van der Waals surface area contributed by atoms with Gasteiger partial charge in [0.25, 0.3) is 0 Å². The zero-order valence-corrected chi connectivity index (χ0v) is 11.5. The van der Waals surface area contributed by atoms with E-state index in [9.17, 15) is 9.59 Å². The summed E-state index contributed by atoms with van der Waals surface area (Å²) in [4.78, 5) is 22.7. The second-order valence-corrected chi connectivity index (χ2v) is 3.91. The highest BCUT2D eigenvalue weighted by atomic mass is 35.5. The molecule has 1 rings (SSSR count). The third-order valence-corrected chi connectivity index (χ3v) is 2.55. The van der Waals surface area contributed by atoms with Crippen molar-refractivity contribution in [2.45, 2.75) is 0 Å². The smallest absolute Gasteiger partial charge is 0.354 e. The first-order valence-electron chi connectivity index (χ1n) is 5.36. The Morgan fingerprint density at radius 2 is 2.05 bits per heavy atom. The van der Waals surface area contributed by atoms with Gasteiger partial charge in [0, 0.05) is 5.69 Å². The molecule has 0 saturated heterocycles. The summed E-state index contributed by atoms with van der Waals surface area (Å²) in [6.07, 6.45) is 0.956. The monoisotopic (exact) mass is 294 g/mol. The van der Waals surface area contributed by atoms with Crippen molar-refractivity contribution in [2.75, 3.05) is 19.5 Å². The van der Waals surface area contributed by atoms with Crippen molar-refractivity contribution < 1.29 is 19.1 Å². The Hall–Kier alpha value is -2.52. The van der Waals surface area contributed by atoms with Gasteiger partial charge in [-0.1, -0.05) is 11.6 Å². The molecule has 1 aromatic carbocycles. The summed E-state index contributed by atoms with van der Waals surface area (Å²) in [7, 11) is 2.37. The third kappa shape index (κ3) is 4.00. The molecule has 1 N–H and O–H groups in total. The molecular weight excluding hydrogens is 284 g/mol. The van der Waals surface area contributed by atoms with Crippen LogP contribution in [-0.4, -0.2) is 26.2 Å². The lowest BCUT2D eigenvalue weighted by Crippen LogP contribution is -2.15. The van der Waals surface area contributed by atoms with E-state index in [1.165, 1.54) is 26.4 Å². The molecule has 0 aliphatic carbocycles. The highest BCUT2D eigenvalue weighted by Gasteiger charge is 2.13. The molecule has 0 atom stereocenters. The van der Waals surface area contributed by atoms with Crippen molar-refractivity contribution in [3.05, 3.63) is 40.6 Å². The van der Waals surface area contributed by atoms with E-state index in [1.54, 1.807) is 6.07 Å². The normalized spacial score (nSPS) is 10.4. The maximum Gasteiger partial charge on any atom is 0.354 e. The Morgan fingerprint density at radius 3 is 2.55 bits per heavy atom. The van der Waals surface area contributed by atoms with E-state index in [2.05, 4.69) is 14.8 Å². The molecule has 0 unspecified atom stereocenters. The fourth-order valence-corrected chi connectivity index (χ4v) is 1.49. The summed E-state index contributed by atoms with van der Waals surface area (Å²) < 4.78 is 8.98. The fraction of sp³-hybridized carbons (Fsp3) is 0.154. The van der Waals surface area contributed by atoms with E-state index in [1.807, 2.05) is 6.07 Å². The molecule has 0 radical (unpaired) electrons. The average Bonchev–Trinajstić information content (AvgIpc) is 2.45. The number of nitriles is 1. The number of hydrogen-bond acceptors (Lipinski definition) is 6. The topological polar surface area (TPSA) is 88.4 Å². The van der Waals surface area contributed by atoms with E-state index in [0.29, 0.717) is 11.3 Å². The van der Waals surface area contributed by atoms with Crippen molar-refractivity contribution in [1.82, 2.24) is 0 Å². The molecule has 0 amide bonds. The van der Waals surface area contributed by atoms with Gasteiger partial charge in [0.15, 0.2) is 0 Å². The van der Waals surface area contributed by atoms with Crippen LogP contribution in [0.25, 0.3) is 0 Å². The molecular formula is C13H11ClN2O4. The highest BCUT2D eigenvalue weighted by Crippen LogP contribution is 2.21. The number of halogens is 1. The molecule has 0 aliphatic heterocycles. The number of hydrogen-bond donors (Lipinski definition) is 1. The number of benzene rings is 1. The van der Waals surface area contributed by atoms with Gasteiger partial charge in [-0.3, -0.25) is 0 Å². The van der Waals surface area contributed by atoms with Gasteiger partial charge in [-0.25, -0.2) is 9.59 Å². The Morgan fingerprint density at radius 1 is 1.35 bits per heavy atom. The first-order chi connectivity index (χ1) is 9.51. The molecule has 0 fully saturated rings. The van der Waals surface area contributed by atoms with Crippen LogP contribution < -0.4 is 5.32 Å². The molecule has 104 valence electrons. The third-order valence-electron chi connectivity index (χ3n) is 2.24. The minimum absolute atomic E-state index is 0.111. The van der Waals surface area contributed by atoms with Crippen LogP contribution in [0.2, 0.25) is 5.02 Å². The fourth-order valence-electron chi connectivity index (χ4n) is 1.27. The molecule has 0 aromatic heterocycles.